The number of aryl methyl sites for hydroxylation is 1. The molecule has 10 nitrogen and oxygen atoms in total. The molecular formula is C25H23ClF3N7O3. The maximum Gasteiger partial charge on any atom is 0.434 e. The highest BCUT2D eigenvalue weighted by molar-refractivity contribution is 6.32. The summed E-state index contributed by atoms with van der Waals surface area (Å²) >= 11 is 6.23. The Kier molecular flexibility index (Phi) is 6.85. The predicted octanol–water partition coefficient (Wildman–Crippen LogP) is 5.06. The van der Waals surface area contributed by atoms with Gasteiger partial charge in [0.05, 0.1) is 29.1 Å². The first kappa shape index (κ1) is 26.4. The summed E-state index contributed by atoms with van der Waals surface area (Å²) in [5.74, 6) is -0.466. The van der Waals surface area contributed by atoms with Gasteiger partial charge >= 0.3 is 6.18 Å². The van der Waals surface area contributed by atoms with Crippen molar-refractivity contribution >= 4 is 51.6 Å². The molecule has 3 N–H and O–H groups in total. The minimum absolute atomic E-state index is 0.0899. The van der Waals surface area contributed by atoms with Crippen molar-refractivity contribution in [3.8, 4) is 5.75 Å². The van der Waals surface area contributed by atoms with E-state index in [1.54, 1.807) is 18.2 Å². The number of benzene rings is 1. The van der Waals surface area contributed by atoms with Crippen molar-refractivity contribution in [3.63, 3.8) is 0 Å². The van der Waals surface area contributed by atoms with Crippen molar-refractivity contribution < 1.29 is 22.7 Å². The third-order valence-electron chi connectivity index (χ3n) is 6.30. The zero-order valence-corrected chi connectivity index (χ0v) is 21.6. The third kappa shape index (κ3) is 5.09. The SMILES string of the molecule is COc1c(Cl)cccc1Nc1cc(Nc2ccc(C(=O)N3CCCC3)c(C(F)(F)F)n2)nc2[nH]n(C)c(=O)c12. The number of aromatic nitrogens is 4. The van der Waals surface area contributed by atoms with Gasteiger partial charge in [-0.05, 0) is 37.1 Å². The number of para-hydroxylation sites is 1. The number of nitrogens with one attached hydrogen (secondary N) is 3. The molecule has 4 heterocycles. The van der Waals surface area contributed by atoms with Gasteiger partial charge in [-0.2, -0.15) is 13.2 Å². The number of carbonyl (C=O) groups is 1. The van der Waals surface area contributed by atoms with E-state index in [4.69, 9.17) is 16.3 Å². The zero-order chi connectivity index (χ0) is 27.9. The fraction of sp³-hybridized carbons (Fsp3) is 0.280. The Bertz CT molecular complexity index is 1630. The van der Waals surface area contributed by atoms with Crippen LogP contribution < -0.4 is 20.9 Å². The maximum absolute atomic E-state index is 13.9. The summed E-state index contributed by atoms with van der Waals surface area (Å²) in [5.41, 5.74) is -1.26. The lowest BCUT2D eigenvalue weighted by molar-refractivity contribution is -0.141. The standard InChI is InChI=1S/C25H23ClF3N7O3/c1-35-24(38)19-16(30-15-7-5-6-14(26)20(15)39-2)12-18(33-22(19)34-35)31-17-9-8-13(21(32-17)25(27,28)29)23(37)36-10-3-4-11-36/h5-9,12H,3-4,10-11H2,1-2H3,(H3,30,31,32,33,34). The molecule has 1 aliphatic heterocycles. The molecule has 14 heteroatoms. The summed E-state index contributed by atoms with van der Waals surface area (Å²) in [6.07, 6.45) is -3.37. The number of methoxy groups -OCH3 is 1. The molecular weight excluding hydrogens is 539 g/mol. The first-order valence-corrected chi connectivity index (χ1v) is 12.3. The van der Waals surface area contributed by atoms with Crippen LogP contribution in [-0.2, 0) is 13.2 Å². The van der Waals surface area contributed by atoms with E-state index in [1.165, 1.54) is 35.9 Å². The Labute approximate surface area is 224 Å². The van der Waals surface area contributed by atoms with Crippen molar-refractivity contribution in [3.05, 3.63) is 63.0 Å². The van der Waals surface area contributed by atoms with E-state index in [-0.39, 0.29) is 28.2 Å². The molecule has 1 saturated heterocycles. The van der Waals surface area contributed by atoms with Crippen molar-refractivity contribution in [1.29, 1.82) is 0 Å². The molecule has 3 aromatic heterocycles. The molecule has 0 radical (unpaired) electrons. The molecule has 1 amide bonds. The lowest BCUT2D eigenvalue weighted by Gasteiger charge is -2.19. The Balaban J connectivity index is 1.55. The minimum atomic E-state index is -4.86. The number of likely N-dealkylation sites (tertiary alicyclic amines) is 1. The van der Waals surface area contributed by atoms with Gasteiger partial charge in [-0.15, -0.1) is 0 Å². The lowest BCUT2D eigenvalue weighted by atomic mass is 10.1. The number of aromatic amines is 1. The van der Waals surface area contributed by atoms with Crippen LogP contribution in [0.1, 0.15) is 28.9 Å². The van der Waals surface area contributed by atoms with Crippen molar-refractivity contribution in [2.75, 3.05) is 30.8 Å². The quantitative estimate of drug-likeness (QED) is 0.301. The number of alkyl halides is 3. The smallest absolute Gasteiger partial charge is 0.434 e. The van der Waals surface area contributed by atoms with Gasteiger partial charge < -0.3 is 20.3 Å². The number of rotatable bonds is 6. The topological polar surface area (TPSA) is 117 Å². The molecule has 0 bridgehead atoms. The third-order valence-corrected chi connectivity index (χ3v) is 6.59. The average Bonchev–Trinajstić information content (AvgIpc) is 3.52. The molecule has 1 fully saturated rings. The van der Waals surface area contributed by atoms with Gasteiger partial charge in [0.25, 0.3) is 11.5 Å². The van der Waals surface area contributed by atoms with Crippen LogP contribution >= 0.6 is 11.6 Å². The second-order valence-corrected chi connectivity index (χ2v) is 9.32. The highest BCUT2D eigenvalue weighted by atomic mass is 35.5. The van der Waals surface area contributed by atoms with Crippen molar-refractivity contribution in [2.45, 2.75) is 19.0 Å². The lowest BCUT2D eigenvalue weighted by Crippen LogP contribution is -2.30. The molecule has 0 aliphatic carbocycles. The summed E-state index contributed by atoms with van der Waals surface area (Å²) in [6.45, 7) is 0.811. The van der Waals surface area contributed by atoms with Crippen molar-refractivity contribution in [1.82, 2.24) is 24.6 Å². The van der Waals surface area contributed by atoms with Crippen LogP contribution in [0.3, 0.4) is 0 Å². The number of carbonyl (C=O) groups excluding carboxylic acids is 1. The van der Waals surface area contributed by atoms with Crippen LogP contribution in [0.25, 0.3) is 11.0 Å². The van der Waals surface area contributed by atoms with E-state index in [9.17, 15) is 22.8 Å². The maximum atomic E-state index is 13.9. The van der Waals surface area contributed by atoms with Gasteiger partial charge in [0.15, 0.2) is 17.1 Å². The predicted molar refractivity (Wildman–Crippen MR) is 140 cm³/mol. The number of pyridine rings is 2. The fourth-order valence-corrected chi connectivity index (χ4v) is 4.73. The molecule has 4 aromatic rings. The Morgan fingerprint density at radius 2 is 1.82 bits per heavy atom. The minimum Gasteiger partial charge on any atom is -0.493 e. The van der Waals surface area contributed by atoms with E-state index in [1.807, 2.05) is 0 Å². The van der Waals surface area contributed by atoms with Gasteiger partial charge in [0.2, 0.25) is 0 Å². The number of anilines is 4. The van der Waals surface area contributed by atoms with Crippen LogP contribution in [-0.4, -0.2) is 50.8 Å². The molecule has 0 atom stereocenters. The zero-order valence-electron chi connectivity index (χ0n) is 20.8. The summed E-state index contributed by atoms with van der Waals surface area (Å²) < 4.78 is 48.4. The van der Waals surface area contributed by atoms with Crippen LogP contribution in [0.5, 0.6) is 5.75 Å². The molecule has 0 spiro atoms. The summed E-state index contributed by atoms with van der Waals surface area (Å²) in [4.78, 5) is 35.0. The summed E-state index contributed by atoms with van der Waals surface area (Å²) in [5, 5.41) is 9.23. The van der Waals surface area contributed by atoms with Gasteiger partial charge in [-0.25, -0.2) is 9.97 Å². The van der Waals surface area contributed by atoms with Crippen LogP contribution in [0, 0.1) is 0 Å². The summed E-state index contributed by atoms with van der Waals surface area (Å²) in [7, 11) is 2.95. The van der Waals surface area contributed by atoms with Gasteiger partial charge in [-0.3, -0.25) is 19.4 Å². The Morgan fingerprint density at radius 3 is 2.51 bits per heavy atom. The second-order valence-electron chi connectivity index (χ2n) is 8.92. The van der Waals surface area contributed by atoms with E-state index >= 15 is 0 Å². The van der Waals surface area contributed by atoms with E-state index in [2.05, 4.69) is 25.7 Å². The van der Waals surface area contributed by atoms with Crippen LogP contribution in [0.2, 0.25) is 5.02 Å². The first-order valence-electron chi connectivity index (χ1n) is 11.9. The second kappa shape index (κ2) is 10.1. The van der Waals surface area contributed by atoms with Gasteiger partial charge in [0.1, 0.15) is 17.0 Å². The number of hydrogen-bond donors (Lipinski definition) is 3. The monoisotopic (exact) mass is 561 g/mol. The van der Waals surface area contributed by atoms with Crippen molar-refractivity contribution in [2.24, 2.45) is 7.05 Å². The van der Waals surface area contributed by atoms with Gasteiger partial charge in [-0.1, -0.05) is 17.7 Å². The van der Waals surface area contributed by atoms with E-state index < -0.39 is 23.3 Å². The molecule has 0 unspecified atom stereocenters. The number of hydrogen-bond acceptors (Lipinski definition) is 7. The molecule has 39 heavy (non-hydrogen) atoms. The van der Waals surface area contributed by atoms with Crippen LogP contribution in [0.15, 0.2) is 41.2 Å². The normalized spacial score (nSPS) is 13.6. The molecule has 5 rings (SSSR count). The van der Waals surface area contributed by atoms with Gasteiger partial charge in [0, 0.05) is 26.2 Å². The molecule has 1 aliphatic rings. The largest absolute Gasteiger partial charge is 0.493 e. The summed E-state index contributed by atoms with van der Waals surface area (Å²) in [6, 6.07) is 8.86. The molecule has 204 valence electrons. The average molecular weight is 562 g/mol. The Morgan fingerprint density at radius 1 is 1.08 bits per heavy atom. The Hall–Kier alpha value is -4.26. The number of ether oxygens (including phenoxy) is 1. The van der Waals surface area contributed by atoms with E-state index in [0.29, 0.717) is 35.2 Å². The first-order chi connectivity index (χ1) is 18.6. The number of H-pyrrole nitrogens is 1. The number of halogens is 4. The number of amides is 1. The number of nitrogens with zero attached hydrogens (tertiary/aromatic N) is 4. The van der Waals surface area contributed by atoms with Crippen LogP contribution in [0.4, 0.5) is 36.2 Å². The highest BCUT2D eigenvalue weighted by Crippen LogP contribution is 2.37. The highest BCUT2D eigenvalue weighted by Gasteiger charge is 2.39. The molecule has 1 aromatic carbocycles. The fourth-order valence-electron chi connectivity index (χ4n) is 4.48. The number of fused-ring (bicyclic) bond motifs is 1. The molecule has 0 saturated carbocycles. The van der Waals surface area contributed by atoms with E-state index in [0.717, 1.165) is 18.9 Å².